The molecule has 18 heavy (non-hydrogen) atoms. The Hall–Kier alpha value is -1.35. The Balaban J connectivity index is 1.99. The molecule has 4 heteroatoms. The molecule has 0 amide bonds. The van der Waals surface area contributed by atoms with Crippen LogP contribution < -0.4 is 4.90 Å². The Bertz CT molecular complexity index is 557. The normalized spacial score (nSPS) is 23.8. The largest absolute Gasteiger partial charge is 0.351 e. The van der Waals surface area contributed by atoms with Gasteiger partial charge in [0.1, 0.15) is 5.82 Å². The van der Waals surface area contributed by atoms with E-state index in [1.165, 1.54) is 6.42 Å². The summed E-state index contributed by atoms with van der Waals surface area (Å²) in [5.74, 6) is 2.22. The number of nitrogens with zero attached hydrogens (tertiary/aromatic N) is 3. The summed E-state index contributed by atoms with van der Waals surface area (Å²) in [7, 11) is 0. The molecule has 0 spiro atoms. The Labute approximate surface area is 112 Å². The maximum Gasteiger partial charge on any atom is 0.148 e. The molecular weight excluding hydrogens is 246 g/mol. The van der Waals surface area contributed by atoms with E-state index in [4.69, 9.17) is 16.6 Å². The number of halogens is 1. The van der Waals surface area contributed by atoms with Crippen molar-refractivity contribution in [2.75, 3.05) is 17.3 Å². The zero-order chi connectivity index (χ0) is 12.5. The van der Waals surface area contributed by atoms with Crippen LogP contribution in [-0.4, -0.2) is 28.4 Å². The summed E-state index contributed by atoms with van der Waals surface area (Å²) in [5.41, 5.74) is 1.89. The number of aromatic nitrogens is 2. The second kappa shape index (κ2) is 4.73. The quantitative estimate of drug-likeness (QED) is 0.778. The van der Waals surface area contributed by atoms with Crippen molar-refractivity contribution in [3.8, 4) is 0 Å². The van der Waals surface area contributed by atoms with Crippen LogP contribution in [0.25, 0.3) is 11.0 Å². The highest BCUT2D eigenvalue weighted by atomic mass is 35.5. The van der Waals surface area contributed by atoms with Crippen LogP contribution in [-0.2, 0) is 0 Å². The SMILES string of the molecule is CC1CCN(c2cnc3ccccc3n2)C1CCl. The molecule has 0 saturated carbocycles. The van der Waals surface area contributed by atoms with Crippen molar-refractivity contribution in [3.63, 3.8) is 0 Å². The van der Waals surface area contributed by atoms with Crippen molar-refractivity contribution in [1.29, 1.82) is 0 Å². The van der Waals surface area contributed by atoms with E-state index >= 15 is 0 Å². The van der Waals surface area contributed by atoms with Crippen molar-refractivity contribution in [2.45, 2.75) is 19.4 Å². The van der Waals surface area contributed by atoms with Crippen LogP contribution in [0, 0.1) is 5.92 Å². The fourth-order valence-electron chi connectivity index (χ4n) is 2.61. The fraction of sp³-hybridized carbons (Fsp3) is 0.429. The van der Waals surface area contributed by atoms with E-state index in [0.717, 1.165) is 23.4 Å². The molecule has 1 aliphatic rings. The van der Waals surface area contributed by atoms with E-state index < -0.39 is 0 Å². The Morgan fingerprint density at radius 3 is 2.89 bits per heavy atom. The van der Waals surface area contributed by atoms with Gasteiger partial charge in [0.05, 0.1) is 17.2 Å². The lowest BCUT2D eigenvalue weighted by atomic mass is 10.1. The van der Waals surface area contributed by atoms with E-state index in [2.05, 4.69) is 16.8 Å². The van der Waals surface area contributed by atoms with Crippen molar-refractivity contribution >= 4 is 28.5 Å². The first-order valence-electron chi connectivity index (χ1n) is 6.34. The standard InChI is InChI=1S/C14H16ClN3/c1-10-6-7-18(13(10)8-15)14-9-16-11-4-2-3-5-12(11)17-14/h2-5,9-10,13H,6-8H2,1H3. The monoisotopic (exact) mass is 261 g/mol. The van der Waals surface area contributed by atoms with Gasteiger partial charge in [-0.3, -0.25) is 4.98 Å². The predicted molar refractivity (Wildman–Crippen MR) is 75.2 cm³/mol. The number of hydrogen-bond donors (Lipinski definition) is 0. The first-order valence-corrected chi connectivity index (χ1v) is 6.87. The third-order valence-electron chi connectivity index (χ3n) is 3.77. The smallest absolute Gasteiger partial charge is 0.148 e. The molecule has 2 aromatic rings. The lowest BCUT2D eigenvalue weighted by Gasteiger charge is -2.25. The minimum absolute atomic E-state index is 0.377. The zero-order valence-electron chi connectivity index (χ0n) is 10.4. The van der Waals surface area contributed by atoms with Crippen molar-refractivity contribution in [3.05, 3.63) is 30.5 Å². The summed E-state index contributed by atoms with van der Waals surface area (Å²) in [6.07, 6.45) is 3.03. The number of fused-ring (bicyclic) bond motifs is 1. The summed E-state index contributed by atoms with van der Waals surface area (Å²) in [5, 5.41) is 0. The van der Waals surface area contributed by atoms with Gasteiger partial charge in [0.2, 0.25) is 0 Å². The van der Waals surface area contributed by atoms with Gasteiger partial charge in [-0.05, 0) is 24.5 Å². The number of alkyl halides is 1. The molecule has 1 fully saturated rings. The molecule has 94 valence electrons. The zero-order valence-corrected chi connectivity index (χ0v) is 11.1. The molecule has 0 N–H and O–H groups in total. The van der Waals surface area contributed by atoms with E-state index in [1.54, 1.807) is 0 Å². The van der Waals surface area contributed by atoms with Crippen LogP contribution in [0.2, 0.25) is 0 Å². The van der Waals surface area contributed by atoms with Crippen LogP contribution in [0.15, 0.2) is 30.5 Å². The molecule has 3 nitrogen and oxygen atoms in total. The predicted octanol–water partition coefficient (Wildman–Crippen LogP) is 3.08. The highest BCUT2D eigenvalue weighted by molar-refractivity contribution is 6.18. The molecule has 0 radical (unpaired) electrons. The van der Waals surface area contributed by atoms with Crippen molar-refractivity contribution in [1.82, 2.24) is 9.97 Å². The second-order valence-corrected chi connectivity index (χ2v) is 5.21. The summed E-state index contributed by atoms with van der Waals surface area (Å²) in [6.45, 7) is 3.27. The number of anilines is 1. The summed E-state index contributed by atoms with van der Waals surface area (Å²) in [4.78, 5) is 11.5. The molecule has 2 unspecified atom stereocenters. The topological polar surface area (TPSA) is 29.0 Å². The lowest BCUT2D eigenvalue weighted by molar-refractivity contribution is 0.548. The fourth-order valence-corrected chi connectivity index (χ4v) is 3.08. The molecule has 2 atom stereocenters. The maximum absolute atomic E-state index is 6.08. The number of para-hydroxylation sites is 2. The van der Waals surface area contributed by atoms with Crippen molar-refractivity contribution < 1.29 is 0 Å². The van der Waals surface area contributed by atoms with E-state index in [0.29, 0.717) is 17.8 Å². The molecule has 0 aliphatic carbocycles. The molecule has 1 aliphatic heterocycles. The van der Waals surface area contributed by atoms with Gasteiger partial charge >= 0.3 is 0 Å². The second-order valence-electron chi connectivity index (χ2n) is 4.90. The van der Waals surface area contributed by atoms with E-state index in [9.17, 15) is 0 Å². The summed E-state index contributed by atoms with van der Waals surface area (Å²) < 4.78 is 0. The average molecular weight is 262 g/mol. The Morgan fingerprint density at radius 1 is 1.33 bits per heavy atom. The summed E-state index contributed by atoms with van der Waals surface area (Å²) in [6, 6.07) is 8.34. The van der Waals surface area contributed by atoms with Gasteiger partial charge < -0.3 is 4.90 Å². The molecule has 0 bridgehead atoms. The lowest BCUT2D eigenvalue weighted by Crippen LogP contribution is -2.34. The Kier molecular flexibility index (Phi) is 3.08. The molecule has 1 saturated heterocycles. The first kappa shape index (κ1) is 11.7. The minimum atomic E-state index is 0.377. The highest BCUT2D eigenvalue weighted by Gasteiger charge is 2.31. The number of benzene rings is 1. The van der Waals surface area contributed by atoms with E-state index in [-0.39, 0.29) is 0 Å². The van der Waals surface area contributed by atoms with Gasteiger partial charge in [0.25, 0.3) is 0 Å². The van der Waals surface area contributed by atoms with Gasteiger partial charge in [-0.25, -0.2) is 4.98 Å². The molecule has 1 aromatic heterocycles. The van der Waals surface area contributed by atoms with Crippen LogP contribution in [0.1, 0.15) is 13.3 Å². The molecular formula is C14H16ClN3. The number of hydrogen-bond acceptors (Lipinski definition) is 3. The van der Waals surface area contributed by atoms with Crippen LogP contribution in [0.4, 0.5) is 5.82 Å². The molecule has 1 aromatic carbocycles. The van der Waals surface area contributed by atoms with Gasteiger partial charge in [0.15, 0.2) is 0 Å². The molecule has 2 heterocycles. The van der Waals surface area contributed by atoms with Crippen molar-refractivity contribution in [2.24, 2.45) is 5.92 Å². The first-order chi connectivity index (χ1) is 8.79. The van der Waals surface area contributed by atoms with Crippen LogP contribution >= 0.6 is 11.6 Å². The van der Waals surface area contributed by atoms with Gasteiger partial charge in [0, 0.05) is 18.5 Å². The van der Waals surface area contributed by atoms with E-state index in [1.807, 2.05) is 30.5 Å². The van der Waals surface area contributed by atoms with Gasteiger partial charge in [-0.2, -0.15) is 0 Å². The van der Waals surface area contributed by atoms with Crippen LogP contribution in [0.5, 0.6) is 0 Å². The highest BCUT2D eigenvalue weighted by Crippen LogP contribution is 2.29. The minimum Gasteiger partial charge on any atom is -0.351 e. The Morgan fingerprint density at radius 2 is 2.11 bits per heavy atom. The maximum atomic E-state index is 6.08. The third kappa shape index (κ3) is 1.93. The van der Waals surface area contributed by atoms with Gasteiger partial charge in [-0.1, -0.05) is 19.1 Å². The molecule has 3 rings (SSSR count). The van der Waals surface area contributed by atoms with Gasteiger partial charge in [-0.15, -0.1) is 11.6 Å². The van der Waals surface area contributed by atoms with Crippen LogP contribution in [0.3, 0.4) is 0 Å². The third-order valence-corrected chi connectivity index (χ3v) is 4.09. The average Bonchev–Trinajstić information content (AvgIpc) is 2.79. The number of rotatable bonds is 2. The summed E-state index contributed by atoms with van der Waals surface area (Å²) >= 11 is 6.08.